The normalized spacial score (nSPS) is 8.00. The van der Waals surface area contributed by atoms with E-state index in [0.29, 0.717) is 0 Å². The van der Waals surface area contributed by atoms with Gasteiger partial charge in [-0.1, -0.05) is 29.7 Å². The van der Waals surface area contributed by atoms with E-state index >= 15 is 0 Å². The first-order valence-corrected chi connectivity index (χ1v) is 3.46. The molecule has 0 aliphatic heterocycles. The van der Waals surface area contributed by atoms with Crippen molar-refractivity contribution in [1.82, 2.24) is 0 Å². The molecule has 1 aromatic carbocycles. The van der Waals surface area contributed by atoms with Crippen molar-refractivity contribution in [2.75, 3.05) is 0 Å². The lowest BCUT2D eigenvalue weighted by Crippen LogP contribution is -2.06. The summed E-state index contributed by atoms with van der Waals surface area (Å²) in [6.07, 6.45) is 0.113. The third-order valence-electron chi connectivity index (χ3n) is 1.44. The van der Waals surface area contributed by atoms with E-state index in [9.17, 15) is 4.79 Å². The molecule has 72 valence electrons. The summed E-state index contributed by atoms with van der Waals surface area (Å²) in [6.45, 7) is 0. The van der Waals surface area contributed by atoms with Crippen LogP contribution >= 0.6 is 0 Å². The maximum Gasteiger partial charge on any atom is 0.307 e. The minimum Gasteiger partial charge on any atom is -0.481 e. The maximum atomic E-state index is 10.3. The van der Waals surface area contributed by atoms with Gasteiger partial charge in [0.15, 0.2) is 0 Å². The number of hydrogen-bond donors (Lipinski definition) is 1. The molecule has 0 unspecified atom stereocenters. The minimum atomic E-state index is -0.782. The molecule has 13 heavy (non-hydrogen) atoms. The van der Waals surface area contributed by atoms with Crippen molar-refractivity contribution in [3.8, 4) is 0 Å². The van der Waals surface area contributed by atoms with Gasteiger partial charge in [0.05, 0.1) is 6.42 Å². The molecule has 0 heterocycles. The van der Waals surface area contributed by atoms with Crippen molar-refractivity contribution in [3.05, 3.63) is 29.8 Å². The molecule has 0 saturated carbocycles. The van der Waals surface area contributed by atoms with Crippen LogP contribution in [0.2, 0.25) is 0 Å². The fourth-order valence-corrected chi connectivity index (χ4v) is 0.997. The van der Waals surface area contributed by atoms with Gasteiger partial charge in [-0.2, -0.15) is 0 Å². The van der Waals surface area contributed by atoms with Crippen molar-refractivity contribution >= 4 is 19.3 Å². The Morgan fingerprint density at radius 3 is 2.46 bits per heavy atom. The standard InChI is InChI=1S/C8H9BO2.2H2O/c9-7-3-1-2-6(4-7)5-8(10)11;;/h1-4H,5,9H2,(H,10,11);2*1H2. The zero-order valence-electron chi connectivity index (χ0n) is 7.37. The van der Waals surface area contributed by atoms with Gasteiger partial charge in [0.1, 0.15) is 7.85 Å². The molecular weight excluding hydrogens is 171 g/mol. The molecule has 0 amide bonds. The van der Waals surface area contributed by atoms with Crippen molar-refractivity contribution < 1.29 is 20.9 Å². The van der Waals surface area contributed by atoms with Gasteiger partial charge in [0, 0.05) is 0 Å². The van der Waals surface area contributed by atoms with Crippen LogP contribution in [-0.2, 0) is 11.2 Å². The first-order valence-electron chi connectivity index (χ1n) is 3.46. The highest BCUT2D eigenvalue weighted by atomic mass is 16.4. The third-order valence-corrected chi connectivity index (χ3v) is 1.44. The third kappa shape index (κ3) is 5.00. The number of carbonyl (C=O) groups is 1. The Kier molecular flexibility index (Phi) is 6.80. The Hall–Kier alpha value is -1.33. The molecule has 0 fully saturated rings. The highest BCUT2D eigenvalue weighted by Gasteiger charge is 1.98. The van der Waals surface area contributed by atoms with E-state index in [0.717, 1.165) is 11.0 Å². The molecule has 0 saturated heterocycles. The summed E-state index contributed by atoms with van der Waals surface area (Å²) < 4.78 is 0. The summed E-state index contributed by atoms with van der Waals surface area (Å²) in [4.78, 5) is 10.3. The first kappa shape index (κ1) is 14.2. The molecule has 0 aliphatic rings. The summed E-state index contributed by atoms with van der Waals surface area (Å²) in [6, 6.07) is 7.52. The second-order valence-electron chi connectivity index (χ2n) is 2.56. The van der Waals surface area contributed by atoms with Crippen LogP contribution in [0.1, 0.15) is 5.56 Å². The van der Waals surface area contributed by atoms with E-state index in [4.69, 9.17) is 5.11 Å². The van der Waals surface area contributed by atoms with E-state index in [1.165, 1.54) is 0 Å². The minimum absolute atomic E-state index is 0. The largest absolute Gasteiger partial charge is 0.481 e. The lowest BCUT2D eigenvalue weighted by Gasteiger charge is -1.97. The predicted octanol–water partition coefficient (Wildman–Crippen LogP) is -2.08. The van der Waals surface area contributed by atoms with E-state index in [1.54, 1.807) is 0 Å². The van der Waals surface area contributed by atoms with Crippen LogP contribution in [0.3, 0.4) is 0 Å². The molecular formula is C8H13BO4. The van der Waals surface area contributed by atoms with Crippen LogP contribution in [0.15, 0.2) is 24.3 Å². The van der Waals surface area contributed by atoms with Crippen molar-refractivity contribution in [1.29, 1.82) is 0 Å². The Balaban J connectivity index is 0. The molecule has 0 aliphatic carbocycles. The highest BCUT2D eigenvalue weighted by molar-refractivity contribution is 6.32. The van der Waals surface area contributed by atoms with Gasteiger partial charge in [0.25, 0.3) is 0 Å². The fraction of sp³-hybridized carbons (Fsp3) is 0.125. The van der Waals surface area contributed by atoms with E-state index in [2.05, 4.69) is 0 Å². The summed E-state index contributed by atoms with van der Waals surface area (Å²) >= 11 is 0. The molecule has 0 spiro atoms. The van der Waals surface area contributed by atoms with E-state index in [-0.39, 0.29) is 17.4 Å². The molecule has 0 aromatic heterocycles. The Morgan fingerprint density at radius 1 is 1.38 bits per heavy atom. The van der Waals surface area contributed by atoms with Crippen LogP contribution in [0, 0.1) is 0 Å². The summed E-state index contributed by atoms with van der Waals surface area (Å²) in [5.74, 6) is -0.782. The van der Waals surface area contributed by atoms with Crippen LogP contribution in [0.4, 0.5) is 0 Å². The van der Waals surface area contributed by atoms with Gasteiger partial charge in [-0.3, -0.25) is 4.79 Å². The van der Waals surface area contributed by atoms with Crippen LogP contribution in [-0.4, -0.2) is 29.9 Å². The molecule has 0 radical (unpaired) electrons. The van der Waals surface area contributed by atoms with Gasteiger partial charge < -0.3 is 16.1 Å². The molecule has 0 atom stereocenters. The van der Waals surface area contributed by atoms with Crippen molar-refractivity contribution in [2.24, 2.45) is 0 Å². The topological polar surface area (TPSA) is 100 Å². The number of carboxylic acids is 1. The second-order valence-corrected chi connectivity index (χ2v) is 2.56. The zero-order chi connectivity index (χ0) is 8.27. The molecule has 0 bridgehead atoms. The SMILES string of the molecule is Bc1cccc(CC(=O)O)c1.O.O. The number of carboxylic acid groups (broad SMARTS) is 1. The summed E-state index contributed by atoms with van der Waals surface area (Å²) in [7, 11) is 1.95. The molecule has 1 rings (SSSR count). The van der Waals surface area contributed by atoms with Crippen LogP contribution < -0.4 is 5.46 Å². The van der Waals surface area contributed by atoms with Gasteiger partial charge in [-0.25, -0.2) is 0 Å². The van der Waals surface area contributed by atoms with Gasteiger partial charge >= 0.3 is 5.97 Å². The zero-order valence-corrected chi connectivity index (χ0v) is 7.37. The van der Waals surface area contributed by atoms with Gasteiger partial charge in [-0.05, 0) is 5.56 Å². The van der Waals surface area contributed by atoms with Crippen LogP contribution in [0.5, 0.6) is 0 Å². The molecule has 5 heteroatoms. The summed E-state index contributed by atoms with van der Waals surface area (Å²) in [5, 5.41) is 8.46. The highest BCUT2D eigenvalue weighted by Crippen LogP contribution is 1.96. The summed E-state index contributed by atoms with van der Waals surface area (Å²) in [5.41, 5.74) is 1.96. The van der Waals surface area contributed by atoms with Crippen molar-refractivity contribution in [2.45, 2.75) is 6.42 Å². The molecule has 1 aromatic rings. The number of aliphatic carboxylic acids is 1. The molecule has 4 nitrogen and oxygen atoms in total. The van der Waals surface area contributed by atoms with Crippen molar-refractivity contribution in [3.63, 3.8) is 0 Å². The van der Waals surface area contributed by atoms with Gasteiger partial charge in [-0.15, -0.1) is 0 Å². The van der Waals surface area contributed by atoms with E-state index in [1.807, 2.05) is 32.1 Å². The smallest absolute Gasteiger partial charge is 0.307 e. The number of rotatable bonds is 2. The first-order chi connectivity index (χ1) is 5.18. The average molecular weight is 184 g/mol. The monoisotopic (exact) mass is 184 g/mol. The van der Waals surface area contributed by atoms with Crippen LogP contribution in [0.25, 0.3) is 0 Å². The Labute approximate surface area is 77.2 Å². The lowest BCUT2D eigenvalue weighted by atomic mass is 9.94. The molecule has 5 N–H and O–H groups in total. The quantitative estimate of drug-likeness (QED) is 0.533. The second kappa shape index (κ2) is 6.22. The fourth-order valence-electron chi connectivity index (χ4n) is 0.997. The maximum absolute atomic E-state index is 10.3. The predicted molar refractivity (Wildman–Crippen MR) is 53.2 cm³/mol. The Bertz CT molecular complexity index is 275. The number of benzene rings is 1. The van der Waals surface area contributed by atoms with Gasteiger partial charge in [0.2, 0.25) is 0 Å². The van der Waals surface area contributed by atoms with E-state index < -0.39 is 5.97 Å². The average Bonchev–Trinajstić information content (AvgIpc) is 1.85. The Morgan fingerprint density at radius 2 is 2.00 bits per heavy atom. The number of hydrogen-bond acceptors (Lipinski definition) is 1. The lowest BCUT2D eigenvalue weighted by molar-refractivity contribution is -0.136.